The molecule has 0 aliphatic heterocycles. The summed E-state index contributed by atoms with van der Waals surface area (Å²) in [5.41, 5.74) is -3.09. The Morgan fingerprint density at radius 3 is 2.24 bits per heavy atom. The van der Waals surface area contributed by atoms with Crippen molar-refractivity contribution >= 4 is 17.3 Å². The van der Waals surface area contributed by atoms with E-state index in [0.717, 1.165) is 36.8 Å². The molecule has 7 nitrogen and oxygen atoms in total. The van der Waals surface area contributed by atoms with Gasteiger partial charge in [-0.05, 0) is 67.1 Å². The topological polar surface area (TPSA) is 132 Å². The molecule has 1 unspecified atom stereocenters. The van der Waals surface area contributed by atoms with E-state index in [9.17, 15) is 34.8 Å². The molecule has 7 heteroatoms. The van der Waals surface area contributed by atoms with Gasteiger partial charge in [-0.15, -0.1) is 0 Å². The first kappa shape index (κ1) is 29.6. The molecular weight excluding hydrogens is 520 g/mol. The lowest BCUT2D eigenvalue weighted by Gasteiger charge is -2.59. The first-order valence-corrected chi connectivity index (χ1v) is 15.1. The zero-order chi connectivity index (χ0) is 30.4. The van der Waals surface area contributed by atoms with Gasteiger partial charge < -0.3 is 20.4 Å². The van der Waals surface area contributed by atoms with Crippen molar-refractivity contribution in [2.45, 2.75) is 105 Å². The molecule has 41 heavy (non-hydrogen) atoms. The highest BCUT2D eigenvalue weighted by molar-refractivity contribution is 6.25. The first-order valence-electron chi connectivity index (χ1n) is 15.1. The molecule has 0 bridgehead atoms. The SMILES string of the molecule is CC(=O)C1=C(O)C(C(C)C)[C@@]2(C)C[C@@]3(C)Cc4c(C(C)C)cc(CCCC5CC5)c(O)c4C(=O)C3=C(O)[C@@]2(O)C1=O. The van der Waals surface area contributed by atoms with Crippen LogP contribution in [0.3, 0.4) is 0 Å². The number of phenols is 1. The number of rotatable bonds is 7. The molecule has 222 valence electrons. The van der Waals surface area contributed by atoms with E-state index in [1.54, 1.807) is 6.92 Å². The molecule has 0 radical (unpaired) electrons. The fourth-order valence-electron chi connectivity index (χ4n) is 8.58. The van der Waals surface area contributed by atoms with Crippen LogP contribution < -0.4 is 0 Å². The Hall–Kier alpha value is -2.93. The van der Waals surface area contributed by atoms with Gasteiger partial charge in [0.1, 0.15) is 22.8 Å². The lowest BCUT2D eigenvalue weighted by molar-refractivity contribution is -0.171. The van der Waals surface area contributed by atoms with Crippen molar-refractivity contribution in [2.24, 2.45) is 28.6 Å². The number of allylic oxidation sites excluding steroid dienone is 2. The number of aliphatic hydroxyl groups is 3. The number of aryl methyl sites for hydroxylation is 1. The molecule has 4 aliphatic carbocycles. The van der Waals surface area contributed by atoms with Crippen LogP contribution in [0, 0.1) is 28.6 Å². The predicted molar refractivity (Wildman–Crippen MR) is 155 cm³/mol. The maximum absolute atomic E-state index is 14.4. The zero-order valence-corrected chi connectivity index (χ0v) is 25.4. The van der Waals surface area contributed by atoms with Gasteiger partial charge in [-0.3, -0.25) is 14.4 Å². The number of carbonyl (C=O) groups is 3. The largest absolute Gasteiger partial charge is 0.511 e. The maximum atomic E-state index is 14.4. The molecule has 0 heterocycles. The van der Waals surface area contributed by atoms with E-state index in [4.69, 9.17) is 0 Å². The molecule has 0 spiro atoms. The van der Waals surface area contributed by atoms with Gasteiger partial charge in [0.2, 0.25) is 5.78 Å². The third-order valence-electron chi connectivity index (χ3n) is 10.5. The average molecular weight is 565 g/mol. The number of phenolic OH excluding ortho intramolecular Hbond substituents is 1. The Morgan fingerprint density at radius 1 is 1.07 bits per heavy atom. The van der Waals surface area contributed by atoms with Crippen LogP contribution in [0.4, 0.5) is 0 Å². The van der Waals surface area contributed by atoms with E-state index in [0.29, 0.717) is 18.4 Å². The highest BCUT2D eigenvalue weighted by Gasteiger charge is 2.71. The lowest BCUT2D eigenvalue weighted by Crippen LogP contribution is -2.67. The molecule has 0 saturated heterocycles. The standard InChI is InChI=1S/C34H44O7/c1-16(2)21-13-20(10-8-9-19-11-12-19)27(36)24-22(21)14-32(6)15-33(7)25(17(3)4)28(37)23(18(5)35)30(39)34(33,41)31(40)26(32)29(24)38/h13,16-17,19,25,36-37,40-41H,8-12,14-15H2,1-7H3/t25?,32-,33-,34+/m1/s1. The molecule has 1 aromatic rings. The maximum Gasteiger partial charge on any atom is 0.209 e. The van der Waals surface area contributed by atoms with Crippen LogP contribution in [0.1, 0.15) is 114 Å². The van der Waals surface area contributed by atoms with Crippen molar-refractivity contribution in [1.29, 1.82) is 0 Å². The van der Waals surface area contributed by atoms with Gasteiger partial charge in [0.25, 0.3) is 0 Å². The minimum atomic E-state index is -2.59. The van der Waals surface area contributed by atoms with Gasteiger partial charge in [0, 0.05) is 22.3 Å². The summed E-state index contributed by atoms with van der Waals surface area (Å²) in [4.78, 5) is 40.8. The number of benzene rings is 1. The van der Waals surface area contributed by atoms with Gasteiger partial charge in [-0.2, -0.15) is 0 Å². The quantitative estimate of drug-likeness (QED) is 0.290. The van der Waals surface area contributed by atoms with Crippen LogP contribution in [0.25, 0.3) is 0 Å². The van der Waals surface area contributed by atoms with Crippen LogP contribution in [-0.4, -0.2) is 43.4 Å². The Labute approximate surface area is 242 Å². The molecule has 1 aromatic carbocycles. The number of Topliss-reactive ketones (excluding diaryl/α,β-unsaturated/α-hetero) is 3. The molecule has 1 fully saturated rings. The number of hydrogen-bond acceptors (Lipinski definition) is 7. The van der Waals surface area contributed by atoms with E-state index in [-0.39, 0.29) is 40.9 Å². The normalized spacial score (nSPS) is 31.5. The number of hydrogen-bond donors (Lipinski definition) is 4. The number of fused-ring (bicyclic) bond motifs is 3. The number of carbonyl (C=O) groups excluding carboxylic acids is 3. The van der Waals surface area contributed by atoms with Crippen LogP contribution in [-0.2, 0) is 22.4 Å². The van der Waals surface area contributed by atoms with Crippen molar-refractivity contribution in [3.63, 3.8) is 0 Å². The second-order valence-corrected chi connectivity index (χ2v) is 14.3. The molecular formula is C34H44O7. The first-order chi connectivity index (χ1) is 19.0. The summed E-state index contributed by atoms with van der Waals surface area (Å²) in [6, 6.07) is 2.02. The van der Waals surface area contributed by atoms with Crippen molar-refractivity contribution < 1.29 is 34.8 Å². The lowest BCUT2D eigenvalue weighted by atomic mass is 9.44. The summed E-state index contributed by atoms with van der Waals surface area (Å²) in [7, 11) is 0. The van der Waals surface area contributed by atoms with Crippen molar-refractivity contribution in [2.75, 3.05) is 0 Å². The Morgan fingerprint density at radius 2 is 1.71 bits per heavy atom. The van der Waals surface area contributed by atoms with E-state index >= 15 is 0 Å². The van der Waals surface area contributed by atoms with E-state index in [2.05, 4.69) is 13.8 Å². The van der Waals surface area contributed by atoms with E-state index < -0.39 is 51.0 Å². The average Bonchev–Trinajstić information content (AvgIpc) is 3.66. The third kappa shape index (κ3) is 4.05. The Bertz CT molecular complexity index is 1420. The van der Waals surface area contributed by atoms with Gasteiger partial charge in [0.15, 0.2) is 17.2 Å². The number of ketones is 3. The van der Waals surface area contributed by atoms with Gasteiger partial charge in [-0.25, -0.2) is 0 Å². The molecule has 4 atom stereocenters. The Kier molecular flexibility index (Phi) is 6.88. The van der Waals surface area contributed by atoms with E-state index in [1.165, 1.54) is 12.8 Å². The fourth-order valence-corrected chi connectivity index (χ4v) is 8.58. The molecule has 1 saturated carbocycles. The smallest absolute Gasteiger partial charge is 0.209 e. The van der Waals surface area contributed by atoms with Gasteiger partial charge in [0.05, 0.1) is 5.56 Å². The van der Waals surface area contributed by atoms with Crippen LogP contribution >= 0.6 is 0 Å². The molecule has 4 N–H and O–H groups in total. The fraction of sp³-hybridized carbons (Fsp3) is 0.618. The van der Waals surface area contributed by atoms with Crippen molar-refractivity contribution in [3.05, 3.63) is 51.0 Å². The summed E-state index contributed by atoms with van der Waals surface area (Å²) < 4.78 is 0. The molecule has 4 aliphatic rings. The Balaban J connectivity index is 1.73. The summed E-state index contributed by atoms with van der Waals surface area (Å²) in [6.07, 6.45) is 5.52. The molecule has 0 aromatic heterocycles. The summed E-state index contributed by atoms with van der Waals surface area (Å²) in [5, 5.41) is 46.8. The third-order valence-corrected chi connectivity index (χ3v) is 10.5. The van der Waals surface area contributed by atoms with Crippen LogP contribution in [0.15, 0.2) is 28.7 Å². The summed E-state index contributed by atoms with van der Waals surface area (Å²) in [6.45, 7) is 12.4. The van der Waals surface area contributed by atoms with Crippen molar-refractivity contribution in [1.82, 2.24) is 0 Å². The molecule has 5 rings (SSSR count). The number of aliphatic hydroxyl groups excluding tert-OH is 2. The summed E-state index contributed by atoms with van der Waals surface area (Å²) in [5.74, 6) is -3.94. The van der Waals surface area contributed by atoms with Crippen LogP contribution in [0.5, 0.6) is 5.75 Å². The minimum absolute atomic E-state index is 0.0722. The second kappa shape index (κ2) is 9.55. The number of aromatic hydroxyl groups is 1. The summed E-state index contributed by atoms with van der Waals surface area (Å²) >= 11 is 0. The van der Waals surface area contributed by atoms with Gasteiger partial charge >= 0.3 is 0 Å². The van der Waals surface area contributed by atoms with E-state index in [1.807, 2.05) is 26.8 Å². The minimum Gasteiger partial charge on any atom is -0.511 e. The zero-order valence-electron chi connectivity index (χ0n) is 25.4. The second-order valence-electron chi connectivity index (χ2n) is 14.3. The van der Waals surface area contributed by atoms with Gasteiger partial charge in [-0.1, -0.05) is 66.9 Å². The molecule has 0 amide bonds. The van der Waals surface area contributed by atoms with Crippen LogP contribution in [0.2, 0.25) is 0 Å². The monoisotopic (exact) mass is 564 g/mol. The highest BCUT2D eigenvalue weighted by Crippen LogP contribution is 2.65. The predicted octanol–water partition coefficient (Wildman–Crippen LogP) is 6.20. The van der Waals surface area contributed by atoms with Crippen molar-refractivity contribution in [3.8, 4) is 5.75 Å². The highest BCUT2D eigenvalue weighted by atomic mass is 16.3.